The molecule has 0 aliphatic rings. The fraction of sp³-hybridized carbons (Fsp3) is 0.769. The Labute approximate surface area is 773 Å². The molecule has 2 rings (SSSR count). The van der Waals surface area contributed by atoms with Gasteiger partial charge in [-0.25, -0.2) is 36.0 Å². The van der Waals surface area contributed by atoms with Crippen molar-refractivity contribution < 1.29 is 64.1 Å². The number of carbonyl (C=O) groups excluding carboxylic acids is 4. The van der Waals surface area contributed by atoms with Crippen LogP contribution >= 0.6 is 0 Å². The molecule has 2 aromatic rings. The van der Waals surface area contributed by atoms with E-state index in [0.717, 1.165) is 89.2 Å². The summed E-state index contributed by atoms with van der Waals surface area (Å²) in [5.74, 6) is -3.60. The third kappa shape index (κ3) is 73.0. The Morgan fingerprint density at radius 3 is 0.521 bits per heavy atom. The van der Waals surface area contributed by atoms with E-state index in [-0.39, 0.29) is 75.3 Å². The van der Waals surface area contributed by atoms with E-state index in [9.17, 15) is 45.1 Å². The summed E-state index contributed by atoms with van der Waals surface area (Å²) < 4.78 is 93.8. The second kappa shape index (κ2) is 88.4. The maximum absolute atomic E-state index is 13.1. The minimum Gasteiger partial charge on any atom is -0.744 e. The molecule has 0 aliphatic heterocycles. The Morgan fingerprint density at radius 2 is 0.372 bits per heavy atom. The van der Waals surface area contributed by atoms with Gasteiger partial charge in [-0.05, 0) is 129 Å². The van der Waals surface area contributed by atoms with Crippen molar-refractivity contribution in [3.8, 4) is 0 Å². The van der Waals surface area contributed by atoms with Crippen LogP contribution in [0.1, 0.15) is 531 Å². The van der Waals surface area contributed by atoms with Crippen LogP contribution in [0.2, 0.25) is 0 Å². The molecule has 0 aromatic heterocycles. The number of hydrogen-bond donors (Lipinski definition) is 0. The van der Waals surface area contributed by atoms with Crippen LogP contribution in [-0.4, -0.2) is 114 Å². The van der Waals surface area contributed by atoms with Gasteiger partial charge in [0.15, 0.2) is 0 Å². The largest absolute Gasteiger partial charge is 2.00 e. The fourth-order valence-corrected chi connectivity index (χ4v) is 17.3. The first-order chi connectivity index (χ1) is 58.6. The van der Waals surface area contributed by atoms with Crippen LogP contribution in [-0.2, 0) is 39.2 Å². The van der Waals surface area contributed by atoms with E-state index in [1.165, 1.54) is 384 Å². The van der Waals surface area contributed by atoms with Gasteiger partial charge in [-0.15, -0.1) is 0 Å². The Kier molecular flexibility index (Phi) is 85.7. The van der Waals surface area contributed by atoms with Gasteiger partial charge in [0, 0.05) is 0 Å². The first kappa shape index (κ1) is 117. The Morgan fingerprint density at radius 1 is 0.231 bits per heavy atom. The van der Waals surface area contributed by atoms with Crippen LogP contribution in [0.3, 0.4) is 0 Å². The topological polar surface area (TPSA) is 220 Å². The van der Waals surface area contributed by atoms with Gasteiger partial charge in [-0.1, -0.05) is 446 Å². The summed E-state index contributed by atoms with van der Waals surface area (Å²) in [6.07, 6.45) is 107. The molecule has 0 amide bonds. The normalized spacial score (nSPS) is 11.8. The minimum absolute atomic E-state index is 0. The summed E-state index contributed by atoms with van der Waals surface area (Å²) in [5, 5.41) is 0. The number of ether oxygens (including phenoxy) is 4. The zero-order valence-corrected chi connectivity index (χ0v) is 81.9. The zero-order chi connectivity index (χ0) is 87.2. The molecule has 0 saturated heterocycles. The van der Waals surface area contributed by atoms with Crippen LogP contribution in [0.25, 0.3) is 0 Å². The van der Waals surface area contributed by atoms with E-state index in [0.29, 0.717) is 25.7 Å². The maximum atomic E-state index is 13.1. The molecule has 0 bridgehead atoms. The molecule has 2 aromatic carbocycles. The predicted molar refractivity (Wildman–Crippen MR) is 507 cm³/mol. The van der Waals surface area contributed by atoms with Gasteiger partial charge >= 0.3 is 61.6 Å². The van der Waals surface area contributed by atoms with Crippen LogP contribution < -0.4 is 0 Å². The van der Waals surface area contributed by atoms with Gasteiger partial charge in [0.1, 0.15) is 20.2 Å². The Hall–Kier alpha value is -3.64. The number of hydrogen-bond acceptors (Lipinski definition) is 14. The van der Waals surface area contributed by atoms with Crippen molar-refractivity contribution in [2.75, 3.05) is 26.4 Å². The molecule has 0 spiro atoms. The van der Waals surface area contributed by atoms with Crippen molar-refractivity contribution in [2.24, 2.45) is 0 Å². The molecular formula is C104H178CaO14S2. The summed E-state index contributed by atoms with van der Waals surface area (Å²) in [6.45, 7) is 8.88. The van der Waals surface area contributed by atoms with Crippen LogP contribution in [0.15, 0.2) is 94.8 Å². The maximum Gasteiger partial charge on any atom is 2.00 e. The average molecular weight is 1760 g/mol. The average Bonchev–Trinajstić information content (AvgIpc) is 0.796. The molecule has 0 atom stereocenters. The van der Waals surface area contributed by atoms with Gasteiger partial charge in [0.2, 0.25) is 0 Å². The van der Waals surface area contributed by atoms with E-state index in [2.05, 4.69) is 76.3 Å². The van der Waals surface area contributed by atoms with Crippen molar-refractivity contribution in [1.82, 2.24) is 0 Å². The van der Waals surface area contributed by atoms with E-state index in [1.54, 1.807) is 0 Å². The number of esters is 4. The molecular weight excluding hydrogens is 1580 g/mol. The van der Waals surface area contributed by atoms with E-state index >= 15 is 0 Å². The van der Waals surface area contributed by atoms with Crippen molar-refractivity contribution in [3.05, 3.63) is 107 Å². The molecule has 692 valence electrons. The summed E-state index contributed by atoms with van der Waals surface area (Å²) in [4.78, 5) is 50.6. The van der Waals surface area contributed by atoms with Crippen LogP contribution in [0, 0.1) is 0 Å². The van der Waals surface area contributed by atoms with E-state index < -0.39 is 65.0 Å². The fourth-order valence-electron chi connectivity index (χ4n) is 15.9. The summed E-state index contributed by atoms with van der Waals surface area (Å²) in [5.41, 5.74) is -1.54. The number of benzene rings is 2. The van der Waals surface area contributed by atoms with Gasteiger partial charge in [-0.3, -0.25) is 0 Å². The van der Waals surface area contributed by atoms with Crippen molar-refractivity contribution >= 4 is 81.9 Å². The molecule has 0 heterocycles. The summed E-state index contributed by atoms with van der Waals surface area (Å²) in [6, 6.07) is 7.30. The summed E-state index contributed by atoms with van der Waals surface area (Å²) in [7, 11) is -10.0. The SMILES string of the molecule is C/C=C/CCCCCCCCCCCCCCCCCCCOC(=O)c1cccc(S(=O)(=O)[O-])c1C(=O)OCCCCCCCCCCCCCCCCCCC/C=C/C.C/C=C/CCCCCCCCCCCCCCCCCCCOC(=O)c1cccc(S(=O)(=O)[O-])c1C(=O)OCCCCCCCCCCCCCCCCCCC/C=C/C.[Ca+2]. The van der Waals surface area contributed by atoms with Crippen molar-refractivity contribution in [1.29, 1.82) is 0 Å². The molecule has 0 N–H and O–H groups in total. The molecule has 0 unspecified atom stereocenters. The first-order valence-corrected chi connectivity index (χ1v) is 52.8. The second-order valence-corrected chi connectivity index (χ2v) is 37.0. The minimum atomic E-state index is -5.02. The van der Waals surface area contributed by atoms with Gasteiger partial charge < -0.3 is 28.1 Å². The van der Waals surface area contributed by atoms with Crippen molar-refractivity contribution in [2.45, 2.75) is 500 Å². The quantitative estimate of drug-likeness (QED) is 0.0150. The molecule has 0 saturated carbocycles. The standard InChI is InChI=1S/2C52H90O7S.Ca/c2*1-3-5-7-9-11-13-15-17-19-21-23-25-27-29-31-33-35-37-39-41-46-58-51(53)48-44-43-45-49(60(55,56)57)50(48)52(54)59-47-42-40-38-36-34-32-30-28-26-24-22-20-18-16-14-12-10-8-6-4-2;/h2*3-6,43-45H,7-42,46-47H2,1-2H3,(H,55,56,57);/q;;+2/p-2/b2*5-3+,6-4+;. The molecule has 14 nitrogen and oxygen atoms in total. The number of unbranched alkanes of at least 4 members (excludes halogenated alkanes) is 68. The molecule has 17 heteroatoms. The van der Waals surface area contributed by atoms with Crippen molar-refractivity contribution in [3.63, 3.8) is 0 Å². The first-order valence-electron chi connectivity index (χ1n) is 50.0. The number of carbonyl (C=O) groups is 4. The summed E-state index contributed by atoms with van der Waals surface area (Å²) >= 11 is 0. The molecule has 0 radical (unpaired) electrons. The van der Waals surface area contributed by atoms with Crippen LogP contribution in [0.5, 0.6) is 0 Å². The molecule has 0 fully saturated rings. The van der Waals surface area contributed by atoms with E-state index in [1.807, 2.05) is 0 Å². The monoisotopic (exact) mass is 1760 g/mol. The third-order valence-electron chi connectivity index (χ3n) is 23.4. The molecule has 0 aliphatic carbocycles. The zero-order valence-electron chi connectivity index (χ0n) is 78.1. The van der Waals surface area contributed by atoms with Crippen LogP contribution in [0.4, 0.5) is 0 Å². The Bertz CT molecular complexity index is 2880. The van der Waals surface area contributed by atoms with E-state index in [4.69, 9.17) is 18.9 Å². The van der Waals surface area contributed by atoms with Gasteiger partial charge in [0.25, 0.3) is 0 Å². The Balaban J connectivity index is 0.00000236. The predicted octanol–water partition coefficient (Wildman–Crippen LogP) is 31.8. The number of allylic oxidation sites excluding steroid dienone is 8. The number of rotatable bonds is 86. The smallest absolute Gasteiger partial charge is 0.744 e. The second-order valence-electron chi connectivity index (χ2n) is 34.3. The third-order valence-corrected chi connectivity index (χ3v) is 25.1. The van der Waals surface area contributed by atoms with Gasteiger partial charge in [-0.2, -0.15) is 0 Å². The molecule has 121 heavy (non-hydrogen) atoms. The van der Waals surface area contributed by atoms with Gasteiger partial charge in [0.05, 0.1) is 58.5 Å².